The quantitative estimate of drug-likeness (QED) is 0.332. The number of nitrogens with zero attached hydrogens (tertiary/aromatic N) is 1. The summed E-state index contributed by atoms with van der Waals surface area (Å²) >= 11 is 1.45. The fourth-order valence-corrected chi connectivity index (χ4v) is 3.39. The molecule has 1 heterocycles. The van der Waals surface area contributed by atoms with Gasteiger partial charge in [0.15, 0.2) is 11.5 Å². The molecular formula is C22H19F2NO5S. The molecule has 2 aromatic carbocycles. The van der Waals surface area contributed by atoms with Crippen molar-refractivity contribution in [2.45, 2.75) is 13.2 Å². The number of hydrogen-bond acceptors (Lipinski definition) is 7. The molecule has 0 unspecified atom stereocenters. The van der Waals surface area contributed by atoms with Crippen LogP contribution in [0, 0.1) is 0 Å². The van der Waals surface area contributed by atoms with Crippen LogP contribution in [0.5, 0.6) is 17.2 Å². The standard InChI is InChI=1S/C22H19F2NO5S/c1-27-17-7-5-15(6-8-17)21-25-16(13-31-21)12-29-20(26)10-4-14-3-9-18(30-22(23)24)19(11-14)28-2/h3-11,13,22H,12H2,1-2H3/b10-4+. The second-order valence-corrected chi connectivity index (χ2v) is 6.96. The van der Waals surface area contributed by atoms with Crippen LogP contribution >= 0.6 is 11.3 Å². The first kappa shape index (κ1) is 22.2. The van der Waals surface area contributed by atoms with E-state index in [4.69, 9.17) is 14.2 Å². The summed E-state index contributed by atoms with van der Waals surface area (Å²) in [5.74, 6) is 0.235. The van der Waals surface area contributed by atoms with E-state index in [9.17, 15) is 13.6 Å². The largest absolute Gasteiger partial charge is 0.497 e. The van der Waals surface area contributed by atoms with Crippen LogP contribution < -0.4 is 14.2 Å². The van der Waals surface area contributed by atoms with Crippen molar-refractivity contribution in [3.63, 3.8) is 0 Å². The highest BCUT2D eigenvalue weighted by Crippen LogP contribution is 2.30. The zero-order valence-corrected chi connectivity index (χ0v) is 17.5. The molecule has 6 nitrogen and oxygen atoms in total. The van der Waals surface area contributed by atoms with Crippen molar-refractivity contribution in [1.82, 2.24) is 4.98 Å². The number of halogens is 2. The number of ether oxygens (including phenoxy) is 4. The molecule has 3 aromatic rings. The number of rotatable bonds is 9. The van der Waals surface area contributed by atoms with E-state index in [0.29, 0.717) is 11.3 Å². The van der Waals surface area contributed by atoms with Crippen LogP contribution in [0.4, 0.5) is 8.78 Å². The predicted molar refractivity (Wildman–Crippen MR) is 113 cm³/mol. The Balaban J connectivity index is 1.56. The summed E-state index contributed by atoms with van der Waals surface area (Å²) in [6, 6.07) is 11.8. The molecule has 1 aromatic heterocycles. The number of carbonyl (C=O) groups is 1. The van der Waals surface area contributed by atoms with E-state index in [1.54, 1.807) is 7.11 Å². The summed E-state index contributed by atoms with van der Waals surface area (Å²) in [4.78, 5) is 16.5. The van der Waals surface area contributed by atoms with Gasteiger partial charge in [0.05, 0.1) is 19.9 Å². The average molecular weight is 447 g/mol. The van der Waals surface area contributed by atoms with Gasteiger partial charge in [0.25, 0.3) is 0 Å². The fraction of sp³-hybridized carbons (Fsp3) is 0.182. The first-order chi connectivity index (χ1) is 15.0. The number of carbonyl (C=O) groups excluding carboxylic acids is 1. The highest BCUT2D eigenvalue weighted by Gasteiger charge is 2.11. The third kappa shape index (κ3) is 6.26. The molecular weight excluding hydrogens is 428 g/mol. The Morgan fingerprint density at radius 2 is 1.87 bits per heavy atom. The van der Waals surface area contributed by atoms with Crippen LogP contribution in [0.25, 0.3) is 16.6 Å². The lowest BCUT2D eigenvalue weighted by Gasteiger charge is -2.10. The van der Waals surface area contributed by atoms with Crippen molar-refractivity contribution < 1.29 is 32.5 Å². The van der Waals surface area contributed by atoms with Crippen molar-refractivity contribution in [3.8, 4) is 27.8 Å². The van der Waals surface area contributed by atoms with Gasteiger partial charge >= 0.3 is 12.6 Å². The lowest BCUT2D eigenvalue weighted by molar-refractivity contribution is -0.139. The molecule has 0 fully saturated rings. The minimum atomic E-state index is -2.96. The molecule has 0 N–H and O–H groups in total. The smallest absolute Gasteiger partial charge is 0.387 e. The lowest BCUT2D eigenvalue weighted by atomic mass is 10.2. The average Bonchev–Trinajstić information content (AvgIpc) is 3.25. The van der Waals surface area contributed by atoms with Gasteiger partial charge in [-0.05, 0) is 48.0 Å². The Labute approximate surface area is 181 Å². The highest BCUT2D eigenvalue weighted by molar-refractivity contribution is 7.13. The van der Waals surface area contributed by atoms with Crippen molar-refractivity contribution >= 4 is 23.4 Å². The van der Waals surface area contributed by atoms with Gasteiger partial charge in [0.1, 0.15) is 17.4 Å². The topological polar surface area (TPSA) is 66.9 Å². The molecule has 162 valence electrons. The molecule has 0 saturated heterocycles. The van der Waals surface area contributed by atoms with Crippen LogP contribution in [0.1, 0.15) is 11.3 Å². The maximum Gasteiger partial charge on any atom is 0.387 e. The summed E-state index contributed by atoms with van der Waals surface area (Å²) in [5.41, 5.74) is 2.13. The van der Waals surface area contributed by atoms with E-state index in [1.807, 2.05) is 29.6 Å². The van der Waals surface area contributed by atoms with Gasteiger partial charge in [-0.15, -0.1) is 11.3 Å². The molecule has 0 saturated carbocycles. The minimum Gasteiger partial charge on any atom is -0.497 e. The van der Waals surface area contributed by atoms with Gasteiger partial charge in [0, 0.05) is 17.0 Å². The van der Waals surface area contributed by atoms with E-state index in [-0.39, 0.29) is 18.1 Å². The van der Waals surface area contributed by atoms with Crippen LogP contribution in [0.2, 0.25) is 0 Å². The SMILES string of the molecule is COc1ccc(-c2nc(COC(=O)/C=C/c3ccc(OC(F)F)c(OC)c3)cs2)cc1. The van der Waals surface area contributed by atoms with Gasteiger partial charge in [-0.1, -0.05) is 6.07 Å². The van der Waals surface area contributed by atoms with Crippen molar-refractivity contribution in [1.29, 1.82) is 0 Å². The Morgan fingerprint density at radius 1 is 1.10 bits per heavy atom. The highest BCUT2D eigenvalue weighted by atomic mass is 32.1. The lowest BCUT2D eigenvalue weighted by Crippen LogP contribution is -2.03. The van der Waals surface area contributed by atoms with Gasteiger partial charge in [-0.25, -0.2) is 9.78 Å². The van der Waals surface area contributed by atoms with Gasteiger partial charge in [-0.3, -0.25) is 0 Å². The number of thiazole rings is 1. The van der Waals surface area contributed by atoms with Gasteiger partial charge < -0.3 is 18.9 Å². The van der Waals surface area contributed by atoms with Crippen molar-refractivity contribution in [2.75, 3.05) is 14.2 Å². The van der Waals surface area contributed by atoms with E-state index < -0.39 is 12.6 Å². The Kier molecular flexibility index (Phi) is 7.55. The Hall–Kier alpha value is -3.46. The summed E-state index contributed by atoms with van der Waals surface area (Å²) in [7, 11) is 2.94. The van der Waals surface area contributed by atoms with Crippen LogP contribution in [0.3, 0.4) is 0 Å². The second kappa shape index (κ2) is 10.5. The molecule has 3 rings (SSSR count). The summed E-state index contributed by atoms with van der Waals surface area (Å²) < 4.78 is 44.5. The van der Waals surface area contributed by atoms with Gasteiger partial charge in [-0.2, -0.15) is 8.78 Å². The molecule has 0 aliphatic rings. The van der Waals surface area contributed by atoms with E-state index in [2.05, 4.69) is 9.72 Å². The number of hydrogen-bond donors (Lipinski definition) is 0. The summed E-state index contributed by atoms with van der Waals surface area (Å²) in [6.07, 6.45) is 2.72. The monoisotopic (exact) mass is 447 g/mol. The molecule has 0 aliphatic heterocycles. The molecule has 0 aliphatic carbocycles. The predicted octanol–water partition coefficient (Wildman–Crippen LogP) is 5.19. The number of alkyl halides is 2. The van der Waals surface area contributed by atoms with Crippen molar-refractivity contribution in [3.05, 3.63) is 65.2 Å². The number of benzene rings is 2. The summed E-state index contributed by atoms with van der Waals surface area (Å²) in [5, 5.41) is 2.63. The first-order valence-electron chi connectivity index (χ1n) is 9.05. The molecule has 0 amide bonds. The van der Waals surface area contributed by atoms with E-state index in [1.165, 1.54) is 48.8 Å². The Morgan fingerprint density at radius 3 is 2.55 bits per heavy atom. The third-order valence-electron chi connectivity index (χ3n) is 4.07. The molecule has 0 radical (unpaired) electrons. The zero-order valence-electron chi connectivity index (χ0n) is 16.7. The number of aromatic nitrogens is 1. The van der Waals surface area contributed by atoms with Crippen LogP contribution in [-0.4, -0.2) is 31.8 Å². The normalized spacial score (nSPS) is 11.0. The number of esters is 1. The minimum absolute atomic E-state index is 0.0281. The first-order valence-corrected chi connectivity index (χ1v) is 9.93. The summed E-state index contributed by atoms with van der Waals surface area (Å²) in [6.45, 7) is -2.93. The maximum atomic E-state index is 12.4. The molecule has 0 bridgehead atoms. The third-order valence-corrected chi connectivity index (χ3v) is 5.01. The van der Waals surface area contributed by atoms with Gasteiger partial charge in [0.2, 0.25) is 0 Å². The Bertz CT molecular complexity index is 1050. The number of methoxy groups -OCH3 is 2. The maximum absolute atomic E-state index is 12.4. The molecule has 9 heteroatoms. The van der Waals surface area contributed by atoms with Crippen molar-refractivity contribution in [2.24, 2.45) is 0 Å². The molecule has 0 spiro atoms. The second-order valence-electron chi connectivity index (χ2n) is 6.10. The molecule has 0 atom stereocenters. The molecule has 31 heavy (non-hydrogen) atoms. The van der Waals surface area contributed by atoms with Crippen LogP contribution in [0.15, 0.2) is 53.9 Å². The fourth-order valence-electron chi connectivity index (χ4n) is 2.58. The van der Waals surface area contributed by atoms with E-state index in [0.717, 1.165) is 16.3 Å². The van der Waals surface area contributed by atoms with E-state index >= 15 is 0 Å². The van der Waals surface area contributed by atoms with Crippen LogP contribution in [-0.2, 0) is 16.1 Å². The zero-order chi connectivity index (χ0) is 22.2.